The maximum Gasteiger partial charge on any atom is 0.219 e. The minimum Gasteiger partial charge on any atom is -0.373 e. The van der Waals surface area contributed by atoms with E-state index in [1.807, 2.05) is 0 Å². The fourth-order valence-corrected chi connectivity index (χ4v) is 4.85. The molecule has 1 spiro atoms. The highest BCUT2D eigenvalue weighted by molar-refractivity contribution is 7.90. The molecule has 7 heteroatoms. The van der Waals surface area contributed by atoms with Gasteiger partial charge < -0.3 is 9.64 Å². The number of sulfonamides is 1. The topological polar surface area (TPSA) is 75.7 Å². The van der Waals surface area contributed by atoms with Gasteiger partial charge in [-0.2, -0.15) is 0 Å². The van der Waals surface area contributed by atoms with Crippen molar-refractivity contribution in [1.29, 1.82) is 0 Å². The van der Waals surface area contributed by atoms with Gasteiger partial charge in [-0.05, 0) is 32.1 Å². The summed E-state index contributed by atoms with van der Waals surface area (Å²) in [5.74, 6) is 0.0613. The van der Waals surface area contributed by atoms with E-state index in [1.165, 1.54) is 0 Å². The Balaban J connectivity index is 1.63. The molecule has 0 bridgehead atoms. The fourth-order valence-electron chi connectivity index (χ4n) is 3.23. The summed E-state index contributed by atoms with van der Waals surface area (Å²) in [6.07, 6.45) is 3.74. The quantitative estimate of drug-likeness (QED) is 0.810. The Morgan fingerprint density at radius 2 is 2.10 bits per heavy atom. The molecule has 2 heterocycles. The minimum atomic E-state index is -3.15. The lowest BCUT2D eigenvalue weighted by atomic mass is 9.90. The summed E-state index contributed by atoms with van der Waals surface area (Å²) >= 11 is 0. The zero-order valence-electron chi connectivity index (χ0n) is 11.8. The third-order valence-electron chi connectivity index (χ3n) is 4.55. The van der Waals surface area contributed by atoms with Crippen LogP contribution in [0.5, 0.6) is 0 Å². The largest absolute Gasteiger partial charge is 0.373 e. The molecular weight excluding hydrogens is 280 g/mol. The molecule has 114 valence electrons. The molecule has 1 N–H and O–H groups in total. The van der Waals surface area contributed by atoms with Gasteiger partial charge in [-0.15, -0.1) is 0 Å². The van der Waals surface area contributed by atoms with Gasteiger partial charge >= 0.3 is 0 Å². The first-order valence-corrected chi connectivity index (χ1v) is 8.85. The molecule has 0 radical (unpaired) electrons. The van der Waals surface area contributed by atoms with E-state index in [2.05, 4.69) is 4.72 Å². The van der Waals surface area contributed by atoms with E-state index in [9.17, 15) is 13.2 Å². The minimum absolute atomic E-state index is 0.0544. The molecule has 6 nitrogen and oxygen atoms in total. The van der Waals surface area contributed by atoms with E-state index in [-0.39, 0.29) is 22.8 Å². The molecule has 0 aromatic rings. The standard InChI is InChI=1S/C13H22N2O4S/c1-10(16)15-6-5-13(9-15)8-11(4-7-19-13)14-20(17,18)12-2-3-12/h11-12,14H,2-9H2,1H3/t11-,13+/m1/s1. The maximum atomic E-state index is 12.0. The Hall–Kier alpha value is -0.660. The molecule has 0 aromatic carbocycles. The number of rotatable bonds is 3. The van der Waals surface area contributed by atoms with Crippen LogP contribution in [0.25, 0.3) is 0 Å². The predicted octanol–water partition coefficient (Wildman–Crippen LogP) is 0.238. The maximum absolute atomic E-state index is 12.0. The molecule has 3 aliphatic rings. The Morgan fingerprint density at radius 1 is 1.35 bits per heavy atom. The normalized spacial score (nSPS) is 34.6. The van der Waals surface area contributed by atoms with Crippen molar-refractivity contribution >= 4 is 15.9 Å². The van der Waals surface area contributed by atoms with Crippen molar-refractivity contribution in [2.45, 2.75) is 55.9 Å². The number of ether oxygens (including phenoxy) is 1. The molecule has 2 aliphatic heterocycles. The van der Waals surface area contributed by atoms with E-state index >= 15 is 0 Å². The van der Waals surface area contributed by atoms with Crippen LogP contribution in [0.2, 0.25) is 0 Å². The molecule has 0 unspecified atom stereocenters. The van der Waals surface area contributed by atoms with Gasteiger partial charge in [0.2, 0.25) is 15.9 Å². The van der Waals surface area contributed by atoms with E-state index in [0.29, 0.717) is 32.5 Å². The van der Waals surface area contributed by atoms with Crippen LogP contribution >= 0.6 is 0 Å². The molecule has 2 atom stereocenters. The van der Waals surface area contributed by atoms with Gasteiger partial charge in [0.25, 0.3) is 0 Å². The number of nitrogens with zero attached hydrogens (tertiary/aromatic N) is 1. The molecule has 20 heavy (non-hydrogen) atoms. The molecule has 1 saturated carbocycles. The number of likely N-dealkylation sites (tertiary alicyclic amines) is 1. The van der Waals surface area contributed by atoms with Crippen LogP contribution in [0, 0.1) is 0 Å². The fraction of sp³-hybridized carbons (Fsp3) is 0.923. The lowest BCUT2D eigenvalue weighted by molar-refractivity contribution is -0.130. The molecule has 3 rings (SSSR count). The van der Waals surface area contributed by atoms with Crippen molar-refractivity contribution < 1.29 is 17.9 Å². The zero-order valence-corrected chi connectivity index (χ0v) is 12.6. The summed E-state index contributed by atoms with van der Waals surface area (Å²) in [6.45, 7) is 3.42. The van der Waals surface area contributed by atoms with Crippen molar-refractivity contribution in [3.63, 3.8) is 0 Å². The number of carbonyl (C=O) groups is 1. The van der Waals surface area contributed by atoms with Crippen molar-refractivity contribution in [1.82, 2.24) is 9.62 Å². The van der Waals surface area contributed by atoms with Gasteiger partial charge in [-0.3, -0.25) is 4.79 Å². The van der Waals surface area contributed by atoms with Gasteiger partial charge in [0.05, 0.1) is 10.9 Å². The Bertz CT molecular complexity index is 503. The zero-order chi connectivity index (χ0) is 14.4. The van der Waals surface area contributed by atoms with Crippen LogP contribution in [-0.2, 0) is 19.6 Å². The summed E-state index contributed by atoms with van der Waals surface area (Å²) < 4.78 is 32.8. The Morgan fingerprint density at radius 3 is 2.70 bits per heavy atom. The number of carbonyl (C=O) groups excluding carboxylic acids is 1. The monoisotopic (exact) mass is 302 g/mol. The van der Waals surface area contributed by atoms with Gasteiger partial charge in [-0.1, -0.05) is 0 Å². The SMILES string of the molecule is CC(=O)N1CC[C@]2(C[C@H](NS(=O)(=O)C3CC3)CCO2)C1. The van der Waals surface area contributed by atoms with Crippen molar-refractivity contribution in [3.8, 4) is 0 Å². The Labute approximate surface area is 119 Å². The van der Waals surface area contributed by atoms with E-state index in [4.69, 9.17) is 4.74 Å². The summed E-state index contributed by atoms with van der Waals surface area (Å²) in [4.78, 5) is 13.2. The molecule has 0 aromatic heterocycles. The van der Waals surface area contributed by atoms with Crippen molar-refractivity contribution in [3.05, 3.63) is 0 Å². The van der Waals surface area contributed by atoms with Gasteiger partial charge in [0, 0.05) is 32.7 Å². The Kier molecular flexibility index (Phi) is 3.54. The van der Waals surface area contributed by atoms with Crippen LogP contribution in [0.4, 0.5) is 0 Å². The molecule has 2 saturated heterocycles. The second-order valence-corrected chi connectivity index (χ2v) is 8.27. The molecule has 1 amide bonds. The molecular formula is C13H22N2O4S. The smallest absolute Gasteiger partial charge is 0.219 e. The first-order valence-electron chi connectivity index (χ1n) is 7.31. The second kappa shape index (κ2) is 4.96. The van der Waals surface area contributed by atoms with Crippen LogP contribution < -0.4 is 4.72 Å². The molecule has 1 aliphatic carbocycles. The van der Waals surface area contributed by atoms with Gasteiger partial charge in [-0.25, -0.2) is 13.1 Å². The number of hydrogen-bond donors (Lipinski definition) is 1. The summed E-state index contributed by atoms with van der Waals surface area (Å²) in [6, 6.07) is -0.0544. The van der Waals surface area contributed by atoms with E-state index in [1.54, 1.807) is 11.8 Å². The number of amides is 1. The van der Waals surface area contributed by atoms with Crippen LogP contribution in [0.3, 0.4) is 0 Å². The highest BCUT2D eigenvalue weighted by Crippen LogP contribution is 2.35. The van der Waals surface area contributed by atoms with Gasteiger partial charge in [0.1, 0.15) is 0 Å². The first-order chi connectivity index (χ1) is 9.40. The first kappa shape index (κ1) is 14.3. The second-order valence-electron chi connectivity index (χ2n) is 6.27. The third-order valence-corrected chi connectivity index (χ3v) is 6.56. The summed E-state index contributed by atoms with van der Waals surface area (Å²) in [7, 11) is -3.15. The lowest BCUT2D eigenvalue weighted by Gasteiger charge is -2.38. The van der Waals surface area contributed by atoms with E-state index < -0.39 is 10.0 Å². The highest BCUT2D eigenvalue weighted by Gasteiger charge is 2.46. The average molecular weight is 302 g/mol. The highest BCUT2D eigenvalue weighted by atomic mass is 32.2. The number of nitrogens with one attached hydrogen (secondary N) is 1. The predicted molar refractivity (Wildman–Crippen MR) is 73.7 cm³/mol. The summed E-state index contributed by atoms with van der Waals surface area (Å²) in [5, 5.41) is -0.182. The number of hydrogen-bond acceptors (Lipinski definition) is 4. The molecule has 3 fully saturated rings. The van der Waals surface area contributed by atoms with Crippen LogP contribution in [-0.4, -0.2) is 55.8 Å². The summed E-state index contributed by atoms with van der Waals surface area (Å²) in [5.41, 5.74) is -0.347. The van der Waals surface area contributed by atoms with Crippen LogP contribution in [0.15, 0.2) is 0 Å². The van der Waals surface area contributed by atoms with E-state index in [0.717, 1.165) is 19.3 Å². The third kappa shape index (κ3) is 2.84. The lowest BCUT2D eigenvalue weighted by Crippen LogP contribution is -2.50. The van der Waals surface area contributed by atoms with Crippen molar-refractivity contribution in [2.24, 2.45) is 0 Å². The average Bonchev–Trinajstić information content (AvgIpc) is 3.14. The van der Waals surface area contributed by atoms with Crippen molar-refractivity contribution in [2.75, 3.05) is 19.7 Å². The van der Waals surface area contributed by atoms with Gasteiger partial charge in [0.15, 0.2) is 0 Å². The van der Waals surface area contributed by atoms with Crippen LogP contribution in [0.1, 0.15) is 39.0 Å².